The molecule has 0 heterocycles. The van der Waals surface area contributed by atoms with Crippen molar-refractivity contribution >= 4 is 35.8 Å². The largest absolute Gasteiger partial charge is 0.492 e. The predicted octanol–water partition coefficient (Wildman–Crippen LogP) is 10.3. The van der Waals surface area contributed by atoms with Gasteiger partial charge in [0.05, 0.1) is 20.8 Å². The van der Waals surface area contributed by atoms with E-state index in [1.54, 1.807) is 13.0 Å². The van der Waals surface area contributed by atoms with Gasteiger partial charge in [0.15, 0.2) is 0 Å². The van der Waals surface area contributed by atoms with E-state index in [2.05, 4.69) is 35.6 Å². The molecule has 0 amide bonds. The van der Waals surface area contributed by atoms with Gasteiger partial charge in [-0.05, 0) is 122 Å². The first kappa shape index (κ1) is 55.3. The average Bonchev–Trinajstić information content (AvgIpc) is 3.34. The molecular weight excluding hydrogens is 888 g/mol. The molecule has 13 nitrogen and oxygen atoms in total. The van der Waals surface area contributed by atoms with E-state index in [1.807, 2.05) is 49.4 Å². The number of carbonyl (C=O) groups is 6. The molecule has 69 heavy (non-hydrogen) atoms. The van der Waals surface area contributed by atoms with Gasteiger partial charge < -0.3 is 33.2 Å². The zero-order valence-electron chi connectivity index (χ0n) is 41.2. The molecule has 0 unspecified atom stereocenters. The van der Waals surface area contributed by atoms with Crippen LogP contribution in [0.25, 0.3) is 22.3 Å². The zero-order valence-corrected chi connectivity index (χ0v) is 41.2. The quantitative estimate of drug-likeness (QED) is 0.0233. The molecule has 0 aromatic heterocycles. The first-order valence-corrected chi connectivity index (χ1v) is 23.8. The topological polar surface area (TPSA) is 167 Å². The smallest absolute Gasteiger partial charge is 0.333 e. The van der Waals surface area contributed by atoms with Crippen LogP contribution in [-0.2, 0) is 70.0 Å². The van der Waals surface area contributed by atoms with Crippen LogP contribution in [0.5, 0.6) is 5.75 Å². The van der Waals surface area contributed by atoms with Gasteiger partial charge >= 0.3 is 35.8 Å². The lowest BCUT2D eigenvalue weighted by molar-refractivity contribution is -0.165. The highest BCUT2D eigenvalue weighted by molar-refractivity contribution is 5.92. The molecule has 1 aliphatic rings. The number of esters is 6. The Morgan fingerprint density at radius 2 is 1.20 bits per heavy atom. The Morgan fingerprint density at radius 3 is 1.74 bits per heavy atom. The van der Waals surface area contributed by atoms with E-state index in [4.69, 9.17) is 23.7 Å². The number of hydrogen-bond acceptors (Lipinski definition) is 13. The summed E-state index contributed by atoms with van der Waals surface area (Å²) in [5.41, 5.74) is 4.33. The molecule has 0 bridgehead atoms. The van der Waals surface area contributed by atoms with Crippen molar-refractivity contribution in [3.8, 4) is 28.0 Å². The zero-order chi connectivity index (χ0) is 50.5. The van der Waals surface area contributed by atoms with E-state index in [-0.39, 0.29) is 30.2 Å². The lowest BCUT2D eigenvalue weighted by atomic mass is 9.77. The number of rotatable bonds is 27. The van der Waals surface area contributed by atoms with Crippen LogP contribution in [0, 0.1) is 17.2 Å². The van der Waals surface area contributed by atoms with Crippen LogP contribution >= 0.6 is 0 Å². The Labute approximate surface area is 406 Å². The third kappa shape index (κ3) is 17.3. The Morgan fingerprint density at radius 1 is 0.638 bits per heavy atom. The van der Waals surface area contributed by atoms with E-state index in [0.29, 0.717) is 42.1 Å². The highest BCUT2D eigenvalue weighted by atomic mass is 19.1. The van der Waals surface area contributed by atoms with Crippen molar-refractivity contribution in [2.75, 3.05) is 47.3 Å². The number of unbranched alkanes of at least 4 members (excludes halogenated alkanes) is 2. The number of benzene rings is 3. The molecule has 0 N–H and O–H groups in total. The van der Waals surface area contributed by atoms with Crippen LogP contribution < -0.4 is 4.74 Å². The van der Waals surface area contributed by atoms with Crippen molar-refractivity contribution in [3.63, 3.8) is 0 Å². The van der Waals surface area contributed by atoms with E-state index >= 15 is 4.39 Å². The number of hydrogen-bond donors (Lipinski definition) is 0. The number of carbonyl (C=O) groups excluding carboxylic acids is 6. The first-order valence-electron chi connectivity index (χ1n) is 23.8. The van der Waals surface area contributed by atoms with E-state index in [0.717, 1.165) is 60.8 Å². The first-order chi connectivity index (χ1) is 33.0. The lowest BCUT2D eigenvalue weighted by Gasteiger charge is -2.32. The fraction of sp³-hybridized carbons (Fsp3) is 0.491. The fourth-order valence-electron chi connectivity index (χ4n) is 8.20. The fourth-order valence-corrected chi connectivity index (χ4v) is 8.20. The van der Waals surface area contributed by atoms with Crippen molar-refractivity contribution < 1.29 is 66.3 Å². The summed E-state index contributed by atoms with van der Waals surface area (Å²) in [5, 5.41) is 0. The summed E-state index contributed by atoms with van der Waals surface area (Å²) in [7, 11) is 2.22. The highest BCUT2D eigenvalue weighted by Crippen LogP contribution is 2.40. The van der Waals surface area contributed by atoms with Crippen LogP contribution in [0.15, 0.2) is 78.9 Å². The molecule has 0 spiro atoms. The minimum atomic E-state index is -1.60. The Bertz CT molecular complexity index is 2240. The predicted molar refractivity (Wildman–Crippen MR) is 258 cm³/mol. The Balaban J connectivity index is 1.67. The van der Waals surface area contributed by atoms with Gasteiger partial charge in [-0.15, -0.1) is 0 Å². The molecule has 3 aromatic carbocycles. The second-order valence-corrected chi connectivity index (χ2v) is 18.0. The molecular formula is C55H69FO13. The maximum Gasteiger partial charge on any atom is 0.333 e. The maximum atomic E-state index is 15.9. The molecule has 0 aliphatic heterocycles. The molecule has 3 aromatic rings. The summed E-state index contributed by atoms with van der Waals surface area (Å²) >= 11 is 0. The van der Waals surface area contributed by atoms with Crippen molar-refractivity contribution in [2.45, 2.75) is 117 Å². The van der Waals surface area contributed by atoms with Crippen LogP contribution in [0.3, 0.4) is 0 Å². The van der Waals surface area contributed by atoms with E-state index in [9.17, 15) is 28.8 Å². The molecule has 1 fully saturated rings. The summed E-state index contributed by atoms with van der Waals surface area (Å²) in [6.45, 7) is 12.5. The number of ether oxygens (including phenoxy) is 7. The summed E-state index contributed by atoms with van der Waals surface area (Å²) in [6.07, 6.45) is 9.47. The van der Waals surface area contributed by atoms with Gasteiger partial charge in [0.1, 0.15) is 56.3 Å². The average molecular weight is 957 g/mol. The number of methoxy groups -OCH3 is 2. The summed E-state index contributed by atoms with van der Waals surface area (Å²) in [5.74, 6) is -3.73. The minimum Gasteiger partial charge on any atom is -0.492 e. The molecule has 4 rings (SSSR count). The third-order valence-corrected chi connectivity index (χ3v) is 12.4. The molecule has 0 saturated heterocycles. The van der Waals surface area contributed by atoms with Crippen molar-refractivity contribution in [1.29, 1.82) is 0 Å². The monoisotopic (exact) mass is 956 g/mol. The van der Waals surface area contributed by atoms with Crippen LogP contribution in [0.2, 0.25) is 0 Å². The van der Waals surface area contributed by atoms with Gasteiger partial charge in [0.2, 0.25) is 0 Å². The molecule has 1 saturated carbocycles. The van der Waals surface area contributed by atoms with Crippen LogP contribution in [0.1, 0.15) is 121 Å². The van der Waals surface area contributed by atoms with Crippen molar-refractivity contribution in [2.24, 2.45) is 11.3 Å². The van der Waals surface area contributed by atoms with Crippen molar-refractivity contribution in [1.82, 2.24) is 0 Å². The molecule has 374 valence electrons. The SMILES string of the molecule is C=C(C)C(=O)OCCCc1cc(-c2ccc(-c3ccc(C4CCC(CCCCC)CC4)cc3F)cc2)c(CC)cc1OCC(COC(=O)CC(=O)OC)(COC(=O)CC(=O)OC)COC(=O)C(=C)C. The summed E-state index contributed by atoms with van der Waals surface area (Å²) < 4.78 is 53.5. The van der Waals surface area contributed by atoms with E-state index in [1.165, 1.54) is 45.4 Å². The van der Waals surface area contributed by atoms with Gasteiger partial charge in [0, 0.05) is 16.7 Å². The summed E-state index contributed by atoms with van der Waals surface area (Å²) in [6, 6.07) is 17.2. The molecule has 0 atom stereocenters. The van der Waals surface area contributed by atoms with E-state index < -0.39 is 73.9 Å². The maximum absolute atomic E-state index is 15.9. The third-order valence-electron chi connectivity index (χ3n) is 12.4. The second kappa shape index (κ2) is 27.6. The highest BCUT2D eigenvalue weighted by Gasteiger charge is 2.38. The van der Waals surface area contributed by atoms with Gasteiger partial charge in [-0.1, -0.05) is 89.1 Å². The van der Waals surface area contributed by atoms with Crippen LogP contribution in [0.4, 0.5) is 4.39 Å². The molecule has 1 aliphatic carbocycles. The number of aryl methyl sites for hydroxylation is 2. The van der Waals surface area contributed by atoms with Crippen LogP contribution in [-0.4, -0.2) is 83.1 Å². The van der Waals surface area contributed by atoms with Gasteiger partial charge in [0.25, 0.3) is 0 Å². The van der Waals surface area contributed by atoms with Gasteiger partial charge in [-0.2, -0.15) is 0 Å². The molecule has 14 heteroatoms. The number of halogens is 1. The summed E-state index contributed by atoms with van der Waals surface area (Å²) in [4.78, 5) is 74.3. The Kier molecular flexibility index (Phi) is 22.1. The standard InChI is InChI=1S/C55H69FO13/c1-9-11-12-14-38-16-18-40(19-17-38)43-24-25-45(47(56)28-43)41-20-22-42(23-21-41)46-27-44(15-13-26-65-53(61)36(3)4)48(29-39(46)10-2)66-32-55(35-69-54(62)37(5)6,33-67-51(59)30-49(57)63-7)34-68-52(60)31-50(58)64-8/h20-25,27-29,38,40H,3,5,9-19,26,30-35H2,1-2,4,6-8H3. The normalized spacial score (nSPS) is 14.5. The van der Waals surface area contributed by atoms with Gasteiger partial charge in [-0.3, -0.25) is 19.2 Å². The van der Waals surface area contributed by atoms with Gasteiger partial charge in [-0.25, -0.2) is 14.0 Å². The minimum absolute atomic E-state index is 0.0599. The Hall–Kier alpha value is -6.31. The van der Waals surface area contributed by atoms with Crippen molar-refractivity contribution in [3.05, 3.63) is 101 Å². The molecule has 0 radical (unpaired) electrons. The lowest BCUT2D eigenvalue weighted by Crippen LogP contribution is -2.44. The second-order valence-electron chi connectivity index (χ2n) is 18.0.